The molecule has 0 radical (unpaired) electrons. The van der Waals surface area contributed by atoms with E-state index in [1.165, 1.54) is 24.3 Å². The molecule has 1 amide bonds. The van der Waals surface area contributed by atoms with E-state index in [0.29, 0.717) is 12.1 Å². The molecule has 0 aromatic heterocycles. The number of nitrogens with zero attached hydrogens (tertiary/aromatic N) is 1. The van der Waals surface area contributed by atoms with Crippen molar-refractivity contribution >= 4 is 11.6 Å². The van der Waals surface area contributed by atoms with Crippen LogP contribution in [0.3, 0.4) is 0 Å². The van der Waals surface area contributed by atoms with Crippen LogP contribution in [-0.2, 0) is 4.79 Å². The zero-order valence-corrected chi connectivity index (χ0v) is 18.6. The van der Waals surface area contributed by atoms with Crippen LogP contribution in [0.1, 0.15) is 56.7 Å². The van der Waals surface area contributed by atoms with Crippen molar-refractivity contribution in [3.63, 3.8) is 0 Å². The van der Waals surface area contributed by atoms with E-state index in [1.807, 2.05) is 26.0 Å². The first-order chi connectivity index (χ1) is 15.4. The second kappa shape index (κ2) is 10.4. The third kappa shape index (κ3) is 4.98. The number of phenols is 1. The highest BCUT2D eigenvalue weighted by Gasteiger charge is 2.48. The molecule has 1 N–H and O–H groups in total. The molecular formula is C27H29F2NO2. The van der Waals surface area contributed by atoms with Crippen molar-refractivity contribution in [2.45, 2.75) is 45.6 Å². The van der Waals surface area contributed by atoms with Crippen LogP contribution in [0.5, 0.6) is 5.75 Å². The smallest absolute Gasteiger partial charge is 0.233 e. The average Bonchev–Trinajstić information content (AvgIpc) is 2.81. The minimum Gasteiger partial charge on any atom is -0.508 e. The molecule has 1 aliphatic rings. The zero-order valence-electron chi connectivity index (χ0n) is 18.6. The summed E-state index contributed by atoms with van der Waals surface area (Å²) >= 11 is 0. The maximum Gasteiger partial charge on any atom is 0.233 e. The summed E-state index contributed by atoms with van der Waals surface area (Å²) in [5.74, 6) is -0.452. The maximum atomic E-state index is 13.4. The van der Waals surface area contributed by atoms with Crippen LogP contribution in [0.2, 0.25) is 0 Å². The van der Waals surface area contributed by atoms with Gasteiger partial charge in [-0.2, -0.15) is 0 Å². The predicted molar refractivity (Wildman–Crippen MR) is 124 cm³/mol. The minimum absolute atomic E-state index is 0.00555. The summed E-state index contributed by atoms with van der Waals surface area (Å²) in [4.78, 5) is 14.7. The van der Waals surface area contributed by atoms with Gasteiger partial charge in [-0.3, -0.25) is 4.79 Å². The number of amides is 1. The van der Waals surface area contributed by atoms with Gasteiger partial charge in [-0.05, 0) is 78.4 Å². The number of aromatic hydroxyl groups is 1. The number of rotatable bonds is 6. The number of β-lactam (4-membered cyclic amide) rings is 1. The summed E-state index contributed by atoms with van der Waals surface area (Å²) in [6.07, 6.45) is 1.47. The van der Waals surface area contributed by atoms with Gasteiger partial charge in [0.1, 0.15) is 17.4 Å². The van der Waals surface area contributed by atoms with Crippen LogP contribution >= 0.6 is 0 Å². The van der Waals surface area contributed by atoms with E-state index in [9.17, 15) is 18.7 Å². The van der Waals surface area contributed by atoms with Gasteiger partial charge < -0.3 is 10.0 Å². The standard InChI is InChI=1S/C25H23F2NO2.C2H6/c1-16(17-3-7-19(26)8-4-17)2-15-23-24(18-5-13-22(29)14-6-18)28(25(23)30)21-11-9-20(27)10-12-21;1-2/h3-14,16,23-24,29H,2,15H2,1H3;1-2H3. The minimum atomic E-state index is -0.349. The summed E-state index contributed by atoms with van der Waals surface area (Å²) in [5, 5.41) is 9.63. The van der Waals surface area contributed by atoms with Crippen LogP contribution in [0.15, 0.2) is 72.8 Å². The fraction of sp³-hybridized carbons (Fsp3) is 0.296. The summed E-state index contributed by atoms with van der Waals surface area (Å²) in [5.41, 5.74) is 2.62. The van der Waals surface area contributed by atoms with E-state index in [1.54, 1.807) is 41.3 Å². The van der Waals surface area contributed by atoms with Crippen molar-refractivity contribution in [1.82, 2.24) is 0 Å². The Hall–Kier alpha value is -3.21. The average molecular weight is 438 g/mol. The Morgan fingerprint density at radius 3 is 1.97 bits per heavy atom. The fourth-order valence-electron chi connectivity index (χ4n) is 4.16. The van der Waals surface area contributed by atoms with Crippen LogP contribution in [0.4, 0.5) is 14.5 Å². The number of carbonyl (C=O) groups excluding carboxylic acids is 1. The second-order valence-electron chi connectivity index (χ2n) is 7.86. The molecule has 0 aliphatic carbocycles. The van der Waals surface area contributed by atoms with Crippen LogP contribution in [0.25, 0.3) is 0 Å². The van der Waals surface area contributed by atoms with E-state index in [-0.39, 0.29) is 41.2 Å². The van der Waals surface area contributed by atoms with Gasteiger partial charge in [0.15, 0.2) is 0 Å². The van der Waals surface area contributed by atoms with Gasteiger partial charge in [-0.15, -0.1) is 0 Å². The van der Waals surface area contributed by atoms with E-state index in [0.717, 1.165) is 17.5 Å². The Morgan fingerprint density at radius 1 is 0.875 bits per heavy atom. The fourth-order valence-corrected chi connectivity index (χ4v) is 4.16. The van der Waals surface area contributed by atoms with Crippen LogP contribution in [0, 0.1) is 17.6 Å². The molecule has 1 fully saturated rings. The van der Waals surface area contributed by atoms with Gasteiger partial charge in [-0.1, -0.05) is 45.0 Å². The molecule has 3 aromatic rings. The van der Waals surface area contributed by atoms with Crippen molar-refractivity contribution in [1.29, 1.82) is 0 Å². The Balaban J connectivity index is 0.00000141. The van der Waals surface area contributed by atoms with E-state index < -0.39 is 0 Å². The maximum absolute atomic E-state index is 13.4. The molecule has 1 saturated heterocycles. The number of hydrogen-bond acceptors (Lipinski definition) is 2. The molecule has 5 heteroatoms. The van der Waals surface area contributed by atoms with Crippen molar-refractivity contribution in [2.75, 3.05) is 4.90 Å². The molecule has 3 nitrogen and oxygen atoms in total. The lowest BCUT2D eigenvalue weighted by atomic mass is 9.77. The third-order valence-electron chi connectivity index (χ3n) is 5.90. The Labute approximate surface area is 188 Å². The summed E-state index contributed by atoms with van der Waals surface area (Å²) < 4.78 is 26.5. The number of hydrogen-bond donors (Lipinski definition) is 1. The van der Waals surface area contributed by atoms with Gasteiger partial charge in [0.05, 0.1) is 12.0 Å². The zero-order chi connectivity index (χ0) is 23.3. The van der Waals surface area contributed by atoms with Crippen molar-refractivity contribution in [2.24, 2.45) is 5.92 Å². The highest BCUT2D eigenvalue weighted by molar-refractivity contribution is 6.03. The molecule has 4 rings (SSSR count). The quantitative estimate of drug-likeness (QED) is 0.423. The highest BCUT2D eigenvalue weighted by Crippen LogP contribution is 2.46. The lowest BCUT2D eigenvalue weighted by Crippen LogP contribution is -2.55. The SMILES string of the molecule is CC.CC(CCC1C(=O)N(c2ccc(F)cc2)C1c1ccc(O)cc1)c1ccc(F)cc1. The van der Waals surface area contributed by atoms with Gasteiger partial charge in [0.25, 0.3) is 0 Å². The first-order valence-electron chi connectivity index (χ1n) is 11.1. The summed E-state index contributed by atoms with van der Waals surface area (Å²) in [6.45, 7) is 6.07. The number of halogens is 2. The molecule has 32 heavy (non-hydrogen) atoms. The molecule has 168 valence electrons. The molecule has 3 unspecified atom stereocenters. The highest BCUT2D eigenvalue weighted by atomic mass is 19.1. The van der Waals surface area contributed by atoms with Gasteiger partial charge in [0, 0.05) is 5.69 Å². The molecular weight excluding hydrogens is 408 g/mol. The summed E-state index contributed by atoms with van der Waals surface area (Å²) in [7, 11) is 0. The third-order valence-corrected chi connectivity index (χ3v) is 5.90. The van der Waals surface area contributed by atoms with E-state index in [4.69, 9.17) is 0 Å². The molecule has 0 bridgehead atoms. The molecule has 0 spiro atoms. The van der Waals surface area contributed by atoms with Crippen molar-refractivity contribution in [3.05, 3.63) is 95.6 Å². The first-order valence-corrected chi connectivity index (χ1v) is 11.1. The summed E-state index contributed by atoms with van der Waals surface area (Å²) in [6, 6.07) is 19.1. The molecule has 1 heterocycles. The Morgan fingerprint density at radius 2 is 1.41 bits per heavy atom. The largest absolute Gasteiger partial charge is 0.508 e. The van der Waals surface area contributed by atoms with Crippen molar-refractivity contribution in [3.8, 4) is 5.75 Å². The predicted octanol–water partition coefficient (Wildman–Crippen LogP) is 6.98. The van der Waals surface area contributed by atoms with Crippen molar-refractivity contribution < 1.29 is 18.7 Å². The van der Waals surface area contributed by atoms with Crippen LogP contribution < -0.4 is 4.90 Å². The number of anilines is 1. The monoisotopic (exact) mass is 437 g/mol. The first kappa shape index (κ1) is 23.5. The lowest BCUT2D eigenvalue weighted by Gasteiger charge is -2.48. The van der Waals surface area contributed by atoms with Gasteiger partial charge >= 0.3 is 0 Å². The van der Waals surface area contributed by atoms with Gasteiger partial charge in [-0.25, -0.2) is 8.78 Å². The van der Waals surface area contributed by atoms with Gasteiger partial charge in [0.2, 0.25) is 5.91 Å². The van der Waals surface area contributed by atoms with E-state index in [2.05, 4.69) is 6.92 Å². The number of phenolic OH excluding ortho intramolecular Hbond substituents is 1. The molecule has 1 aliphatic heterocycles. The Bertz CT molecular complexity index is 1020. The number of carbonyl (C=O) groups is 1. The van der Waals surface area contributed by atoms with Crippen LogP contribution in [-0.4, -0.2) is 11.0 Å². The normalized spacial score (nSPS) is 18.4. The second-order valence-corrected chi connectivity index (χ2v) is 7.86. The molecule has 3 atom stereocenters. The topological polar surface area (TPSA) is 40.5 Å². The Kier molecular flexibility index (Phi) is 7.62. The molecule has 3 aromatic carbocycles. The number of benzene rings is 3. The van der Waals surface area contributed by atoms with E-state index >= 15 is 0 Å². The molecule has 0 saturated carbocycles. The lowest BCUT2D eigenvalue weighted by molar-refractivity contribution is -0.130.